The fourth-order valence-electron chi connectivity index (χ4n) is 1.64. The molecular weight excluding hydrogens is 230 g/mol. The molecular formula is C13H17N3O2. The number of nitro groups is 1. The molecule has 1 aromatic carbocycles. The topological polar surface area (TPSA) is 79.0 Å². The highest BCUT2D eigenvalue weighted by Crippen LogP contribution is 2.26. The average Bonchev–Trinajstić information content (AvgIpc) is 2.38. The summed E-state index contributed by atoms with van der Waals surface area (Å²) >= 11 is 0. The van der Waals surface area contributed by atoms with Gasteiger partial charge in [0, 0.05) is 17.3 Å². The summed E-state index contributed by atoms with van der Waals surface area (Å²) in [5.74, 6) is 0. The van der Waals surface area contributed by atoms with Crippen LogP contribution in [0, 0.1) is 21.4 Å². The van der Waals surface area contributed by atoms with Gasteiger partial charge in [-0.1, -0.05) is 13.8 Å². The van der Waals surface area contributed by atoms with E-state index in [4.69, 9.17) is 5.26 Å². The van der Waals surface area contributed by atoms with E-state index in [1.54, 1.807) is 6.07 Å². The maximum atomic E-state index is 10.7. The van der Waals surface area contributed by atoms with Crippen LogP contribution < -0.4 is 5.32 Å². The normalized spacial score (nSPS) is 10.8. The van der Waals surface area contributed by atoms with Crippen LogP contribution in [0.2, 0.25) is 0 Å². The maximum absolute atomic E-state index is 10.7. The molecule has 0 saturated heterocycles. The van der Waals surface area contributed by atoms with Gasteiger partial charge in [-0.15, -0.1) is 0 Å². The summed E-state index contributed by atoms with van der Waals surface area (Å²) in [5.41, 5.74) is 0.601. The van der Waals surface area contributed by atoms with Crippen molar-refractivity contribution in [3.63, 3.8) is 0 Å². The smallest absolute Gasteiger partial charge is 0.287 e. The molecule has 5 heteroatoms. The predicted molar refractivity (Wildman–Crippen MR) is 70.4 cm³/mol. The van der Waals surface area contributed by atoms with Crippen LogP contribution in [-0.2, 0) is 0 Å². The molecule has 0 aliphatic heterocycles. The van der Waals surface area contributed by atoms with Gasteiger partial charge in [0.05, 0.1) is 4.92 Å². The minimum Gasteiger partial charge on any atom is -0.380 e. The fourth-order valence-corrected chi connectivity index (χ4v) is 1.64. The second-order valence-corrected chi connectivity index (χ2v) is 4.49. The van der Waals surface area contributed by atoms with E-state index >= 15 is 0 Å². The molecule has 0 aliphatic carbocycles. The predicted octanol–water partition coefficient (Wildman–Crippen LogP) is 3.46. The molecule has 0 radical (unpaired) electrons. The number of nitriles is 1. The number of nitro benzene ring substituents is 1. The van der Waals surface area contributed by atoms with Gasteiger partial charge in [-0.05, 0) is 31.9 Å². The summed E-state index contributed by atoms with van der Waals surface area (Å²) in [5, 5.41) is 23.0. The van der Waals surface area contributed by atoms with Crippen LogP contribution in [0.3, 0.4) is 0 Å². The molecule has 0 unspecified atom stereocenters. The summed E-state index contributed by atoms with van der Waals surface area (Å²) < 4.78 is 0. The number of rotatable bonds is 5. The van der Waals surface area contributed by atoms with Gasteiger partial charge in [0.1, 0.15) is 11.6 Å². The Hall–Kier alpha value is -2.09. The van der Waals surface area contributed by atoms with Gasteiger partial charge in [-0.2, -0.15) is 5.26 Å². The molecule has 1 rings (SSSR count). The zero-order chi connectivity index (χ0) is 13.8. The van der Waals surface area contributed by atoms with Crippen molar-refractivity contribution < 1.29 is 4.92 Å². The van der Waals surface area contributed by atoms with Crippen molar-refractivity contribution in [2.75, 3.05) is 5.32 Å². The van der Waals surface area contributed by atoms with E-state index in [0.717, 1.165) is 18.5 Å². The highest BCUT2D eigenvalue weighted by atomic mass is 16.6. The molecule has 0 amide bonds. The van der Waals surface area contributed by atoms with Crippen molar-refractivity contribution in [3.05, 3.63) is 33.9 Å². The van der Waals surface area contributed by atoms with Crippen LogP contribution in [0.1, 0.15) is 39.2 Å². The van der Waals surface area contributed by atoms with Crippen molar-refractivity contribution in [3.8, 4) is 6.07 Å². The van der Waals surface area contributed by atoms with Gasteiger partial charge >= 0.3 is 0 Å². The lowest BCUT2D eigenvalue weighted by Crippen LogP contribution is -2.32. The Bertz CT molecular complexity index is 487. The van der Waals surface area contributed by atoms with E-state index < -0.39 is 4.92 Å². The summed E-state index contributed by atoms with van der Waals surface area (Å²) in [6, 6.07) is 6.40. The number of benzene rings is 1. The first-order valence-electron chi connectivity index (χ1n) is 5.92. The van der Waals surface area contributed by atoms with Crippen LogP contribution in [0.15, 0.2) is 18.2 Å². The van der Waals surface area contributed by atoms with Gasteiger partial charge in [0.25, 0.3) is 5.69 Å². The second kappa shape index (κ2) is 5.50. The van der Waals surface area contributed by atoms with Gasteiger partial charge in [0.2, 0.25) is 0 Å². The third-order valence-corrected chi connectivity index (χ3v) is 3.32. The minimum atomic E-state index is -0.541. The largest absolute Gasteiger partial charge is 0.380 e. The number of nitrogens with one attached hydrogen (secondary N) is 1. The first-order valence-corrected chi connectivity index (χ1v) is 5.92. The zero-order valence-electron chi connectivity index (χ0n) is 10.9. The minimum absolute atomic E-state index is 0.0666. The maximum Gasteiger partial charge on any atom is 0.287 e. The van der Waals surface area contributed by atoms with Crippen LogP contribution >= 0.6 is 0 Å². The summed E-state index contributed by atoms with van der Waals surface area (Å²) in [6.07, 6.45) is 1.87. The van der Waals surface area contributed by atoms with E-state index in [9.17, 15) is 10.1 Å². The Morgan fingerprint density at radius 3 is 2.50 bits per heavy atom. The van der Waals surface area contributed by atoms with Gasteiger partial charge in [0.15, 0.2) is 0 Å². The van der Waals surface area contributed by atoms with E-state index in [1.807, 2.05) is 6.07 Å². The molecule has 18 heavy (non-hydrogen) atoms. The van der Waals surface area contributed by atoms with Gasteiger partial charge in [-0.25, -0.2) is 0 Å². The standard InChI is InChI=1S/C13H17N3O2/c1-4-13(3,5-2)15-11-6-7-12(16(17)18)10(8-11)9-14/h6-8,15H,4-5H2,1-3H3. The summed E-state index contributed by atoms with van der Waals surface area (Å²) in [7, 11) is 0. The summed E-state index contributed by atoms with van der Waals surface area (Å²) in [4.78, 5) is 10.2. The third-order valence-electron chi connectivity index (χ3n) is 3.32. The second-order valence-electron chi connectivity index (χ2n) is 4.49. The molecule has 96 valence electrons. The Balaban J connectivity index is 3.08. The van der Waals surface area contributed by atoms with Gasteiger partial charge in [-0.3, -0.25) is 10.1 Å². The lowest BCUT2D eigenvalue weighted by atomic mass is 9.95. The quantitative estimate of drug-likeness (QED) is 0.638. The highest BCUT2D eigenvalue weighted by molar-refractivity contribution is 5.59. The monoisotopic (exact) mass is 247 g/mol. The van der Waals surface area contributed by atoms with E-state index in [1.165, 1.54) is 12.1 Å². The number of anilines is 1. The third kappa shape index (κ3) is 2.98. The molecule has 0 saturated carbocycles. The van der Waals surface area contributed by atoms with Crippen LogP contribution in [-0.4, -0.2) is 10.5 Å². The van der Waals surface area contributed by atoms with Crippen molar-refractivity contribution in [1.82, 2.24) is 0 Å². The van der Waals surface area contributed by atoms with Crippen LogP contribution in [0.25, 0.3) is 0 Å². The molecule has 0 spiro atoms. The first-order chi connectivity index (χ1) is 8.45. The van der Waals surface area contributed by atoms with E-state index in [2.05, 4.69) is 26.1 Å². The lowest BCUT2D eigenvalue weighted by molar-refractivity contribution is -0.385. The number of nitrogens with zero attached hydrogens (tertiary/aromatic N) is 2. The fraction of sp³-hybridized carbons (Fsp3) is 0.462. The number of hydrogen-bond donors (Lipinski definition) is 1. The Kier molecular flexibility index (Phi) is 4.27. The molecule has 0 aromatic heterocycles. The lowest BCUT2D eigenvalue weighted by Gasteiger charge is -2.29. The molecule has 0 aliphatic rings. The Labute approximate surface area is 107 Å². The molecule has 1 aromatic rings. The molecule has 0 bridgehead atoms. The van der Waals surface area contributed by atoms with Crippen molar-refractivity contribution in [1.29, 1.82) is 5.26 Å². The highest BCUT2D eigenvalue weighted by Gasteiger charge is 2.20. The summed E-state index contributed by atoms with van der Waals surface area (Å²) in [6.45, 7) is 6.24. The number of hydrogen-bond acceptors (Lipinski definition) is 4. The molecule has 0 fully saturated rings. The average molecular weight is 247 g/mol. The van der Waals surface area contributed by atoms with E-state index in [-0.39, 0.29) is 16.8 Å². The van der Waals surface area contributed by atoms with Gasteiger partial charge < -0.3 is 5.32 Å². The SMILES string of the molecule is CCC(C)(CC)Nc1ccc([N+](=O)[O-])c(C#N)c1. The molecule has 1 N–H and O–H groups in total. The molecule has 0 heterocycles. The van der Waals surface area contributed by atoms with Crippen molar-refractivity contribution >= 4 is 11.4 Å². The van der Waals surface area contributed by atoms with Crippen molar-refractivity contribution in [2.45, 2.75) is 39.2 Å². The Morgan fingerprint density at radius 1 is 1.44 bits per heavy atom. The van der Waals surface area contributed by atoms with Crippen LogP contribution in [0.4, 0.5) is 11.4 Å². The zero-order valence-corrected chi connectivity index (χ0v) is 10.9. The van der Waals surface area contributed by atoms with E-state index in [0.29, 0.717) is 0 Å². The Morgan fingerprint density at radius 2 is 2.06 bits per heavy atom. The molecule has 5 nitrogen and oxygen atoms in total. The molecule has 0 atom stereocenters. The van der Waals surface area contributed by atoms with Crippen LogP contribution in [0.5, 0.6) is 0 Å². The first kappa shape index (κ1) is 14.0. The van der Waals surface area contributed by atoms with Crippen molar-refractivity contribution in [2.24, 2.45) is 0 Å².